The van der Waals surface area contributed by atoms with Crippen molar-refractivity contribution >= 4 is 0 Å². The largest absolute Gasteiger partial charge is 0.263 e. The lowest BCUT2D eigenvalue weighted by Gasteiger charge is -1.99. The normalized spacial score (nSPS) is 11.0. The molecule has 1 N–H and O–H groups in total. The molecule has 84 valence electrons. The van der Waals surface area contributed by atoms with Gasteiger partial charge in [-0.3, -0.25) is 5.10 Å². The maximum atomic E-state index is 4.47. The predicted octanol–water partition coefficient (Wildman–Crippen LogP) is 2.83. The Morgan fingerprint density at radius 1 is 1.31 bits per heavy atom. The molecule has 2 rings (SSSR count). The molecule has 3 nitrogen and oxygen atoms in total. The highest BCUT2D eigenvalue weighted by Gasteiger charge is 2.07. The third-order valence-corrected chi connectivity index (χ3v) is 2.52. The average molecular weight is 215 g/mol. The molecule has 0 radical (unpaired) electrons. The summed E-state index contributed by atoms with van der Waals surface area (Å²) in [4.78, 5) is 4.47. The number of nitrogens with zero attached hydrogens (tertiary/aromatic N) is 2. The number of H-pyrrole nitrogens is 1. The minimum Gasteiger partial charge on any atom is -0.263 e. The van der Waals surface area contributed by atoms with Crippen LogP contribution in [-0.2, 0) is 6.42 Å². The molecule has 0 atom stereocenters. The van der Waals surface area contributed by atoms with E-state index >= 15 is 0 Å². The van der Waals surface area contributed by atoms with Gasteiger partial charge in [0.25, 0.3) is 0 Å². The van der Waals surface area contributed by atoms with Crippen molar-refractivity contribution < 1.29 is 0 Å². The molecule has 2 aromatic rings. The molecule has 0 saturated carbocycles. The highest BCUT2D eigenvalue weighted by Crippen LogP contribution is 2.11. The van der Waals surface area contributed by atoms with Crippen LogP contribution in [0.15, 0.2) is 24.3 Å². The van der Waals surface area contributed by atoms with Gasteiger partial charge in [-0.2, -0.15) is 5.10 Å². The van der Waals surface area contributed by atoms with E-state index in [1.807, 2.05) is 0 Å². The molecule has 1 heterocycles. The van der Waals surface area contributed by atoms with Crippen molar-refractivity contribution in [1.82, 2.24) is 15.2 Å². The first-order valence-electron chi connectivity index (χ1n) is 5.62. The number of hydrogen-bond acceptors (Lipinski definition) is 2. The number of benzene rings is 1. The Bertz CT molecular complexity index is 472. The number of hydrogen-bond donors (Lipinski definition) is 1. The zero-order valence-corrected chi connectivity index (χ0v) is 9.99. The molecule has 0 aliphatic carbocycles. The van der Waals surface area contributed by atoms with Crippen LogP contribution in [0.5, 0.6) is 0 Å². The molecule has 3 heteroatoms. The van der Waals surface area contributed by atoms with Crippen LogP contribution >= 0.6 is 0 Å². The lowest BCUT2D eigenvalue weighted by Crippen LogP contribution is -1.93. The van der Waals surface area contributed by atoms with E-state index in [-0.39, 0.29) is 0 Å². The lowest BCUT2D eigenvalue weighted by atomic mass is 10.1. The first-order chi connectivity index (χ1) is 7.65. The van der Waals surface area contributed by atoms with Gasteiger partial charge in [0.05, 0.1) is 0 Å². The third-order valence-electron chi connectivity index (χ3n) is 2.52. The maximum absolute atomic E-state index is 4.47. The second-order valence-electron chi connectivity index (χ2n) is 4.46. The van der Waals surface area contributed by atoms with Gasteiger partial charge in [-0.1, -0.05) is 43.7 Å². The fourth-order valence-corrected chi connectivity index (χ4v) is 1.66. The first kappa shape index (κ1) is 10.9. The second-order valence-corrected chi connectivity index (χ2v) is 4.46. The molecular weight excluding hydrogens is 198 g/mol. The second kappa shape index (κ2) is 4.47. The third kappa shape index (κ3) is 2.48. The molecule has 0 fully saturated rings. The van der Waals surface area contributed by atoms with Crippen molar-refractivity contribution in [1.29, 1.82) is 0 Å². The fraction of sp³-hybridized carbons (Fsp3) is 0.385. The number of aromatic nitrogens is 3. The zero-order valence-electron chi connectivity index (χ0n) is 9.99. The molecule has 0 spiro atoms. The van der Waals surface area contributed by atoms with E-state index in [0.717, 1.165) is 18.1 Å². The van der Waals surface area contributed by atoms with E-state index in [4.69, 9.17) is 0 Å². The molecule has 0 aliphatic rings. The van der Waals surface area contributed by atoms with Gasteiger partial charge in [0.15, 0.2) is 5.82 Å². The molecule has 0 aliphatic heterocycles. The van der Waals surface area contributed by atoms with Crippen molar-refractivity contribution in [2.45, 2.75) is 33.1 Å². The van der Waals surface area contributed by atoms with Crippen molar-refractivity contribution in [3.8, 4) is 0 Å². The van der Waals surface area contributed by atoms with Crippen molar-refractivity contribution in [2.24, 2.45) is 0 Å². The van der Waals surface area contributed by atoms with Gasteiger partial charge in [0.1, 0.15) is 5.82 Å². The summed E-state index contributed by atoms with van der Waals surface area (Å²) in [6.45, 7) is 6.29. The van der Waals surface area contributed by atoms with Crippen LogP contribution < -0.4 is 0 Å². The van der Waals surface area contributed by atoms with Crippen LogP contribution in [0.3, 0.4) is 0 Å². The summed E-state index contributed by atoms with van der Waals surface area (Å²) in [6.07, 6.45) is 0.821. The number of aromatic amines is 1. The molecular formula is C13H17N3. The van der Waals surface area contributed by atoms with Crippen molar-refractivity contribution in [3.05, 3.63) is 47.0 Å². The zero-order chi connectivity index (χ0) is 11.5. The Balaban J connectivity index is 2.14. The van der Waals surface area contributed by atoms with Gasteiger partial charge in [-0.05, 0) is 12.5 Å². The summed E-state index contributed by atoms with van der Waals surface area (Å²) < 4.78 is 0. The molecule has 0 saturated heterocycles. The molecule has 1 aromatic carbocycles. The van der Waals surface area contributed by atoms with Gasteiger partial charge < -0.3 is 0 Å². The van der Waals surface area contributed by atoms with Crippen LogP contribution in [0.1, 0.15) is 42.5 Å². The molecule has 16 heavy (non-hydrogen) atoms. The Kier molecular flexibility index (Phi) is 3.04. The van der Waals surface area contributed by atoms with Crippen LogP contribution in [0.25, 0.3) is 0 Å². The van der Waals surface area contributed by atoms with E-state index in [1.165, 1.54) is 11.1 Å². The molecule has 1 aromatic heterocycles. The van der Waals surface area contributed by atoms with Gasteiger partial charge in [-0.25, -0.2) is 4.98 Å². The van der Waals surface area contributed by atoms with Gasteiger partial charge in [0, 0.05) is 12.3 Å². The van der Waals surface area contributed by atoms with Crippen molar-refractivity contribution in [3.63, 3.8) is 0 Å². The van der Waals surface area contributed by atoms with E-state index in [0.29, 0.717) is 5.92 Å². The fourth-order valence-electron chi connectivity index (χ4n) is 1.66. The Hall–Kier alpha value is -1.64. The van der Waals surface area contributed by atoms with Crippen LogP contribution in [-0.4, -0.2) is 15.2 Å². The quantitative estimate of drug-likeness (QED) is 0.855. The Morgan fingerprint density at radius 2 is 2.12 bits per heavy atom. The summed E-state index contributed by atoms with van der Waals surface area (Å²) in [5, 5.41) is 7.19. The number of rotatable bonds is 3. The van der Waals surface area contributed by atoms with Gasteiger partial charge >= 0.3 is 0 Å². The minimum atomic E-state index is 0.377. The molecule has 0 unspecified atom stereocenters. The van der Waals surface area contributed by atoms with Crippen LogP contribution in [0.4, 0.5) is 0 Å². The smallest absolute Gasteiger partial charge is 0.153 e. The first-order valence-corrected chi connectivity index (χ1v) is 5.62. The van der Waals surface area contributed by atoms with Crippen molar-refractivity contribution in [2.75, 3.05) is 0 Å². The highest BCUT2D eigenvalue weighted by atomic mass is 15.2. The monoisotopic (exact) mass is 215 g/mol. The number of nitrogens with one attached hydrogen (secondary N) is 1. The minimum absolute atomic E-state index is 0.377. The standard InChI is InChI=1S/C13H17N3/c1-9(2)13-14-12(15-16-13)8-11-6-4-5-10(3)7-11/h4-7,9H,8H2,1-3H3,(H,14,15,16). The summed E-state index contributed by atoms with van der Waals surface area (Å²) in [5.74, 6) is 2.21. The number of aryl methyl sites for hydroxylation is 1. The van der Waals surface area contributed by atoms with Crippen LogP contribution in [0, 0.1) is 6.92 Å². The summed E-state index contributed by atoms with van der Waals surface area (Å²) in [7, 11) is 0. The summed E-state index contributed by atoms with van der Waals surface area (Å²) >= 11 is 0. The Morgan fingerprint density at radius 3 is 2.75 bits per heavy atom. The maximum Gasteiger partial charge on any atom is 0.153 e. The predicted molar refractivity (Wildman–Crippen MR) is 64.5 cm³/mol. The van der Waals surface area contributed by atoms with E-state index in [9.17, 15) is 0 Å². The molecule has 0 bridgehead atoms. The summed E-state index contributed by atoms with van der Waals surface area (Å²) in [6, 6.07) is 8.47. The van der Waals surface area contributed by atoms with Gasteiger partial charge in [0.2, 0.25) is 0 Å². The van der Waals surface area contributed by atoms with E-state index in [1.54, 1.807) is 0 Å². The molecule has 0 amide bonds. The Labute approximate surface area is 95.9 Å². The van der Waals surface area contributed by atoms with E-state index in [2.05, 4.69) is 60.2 Å². The van der Waals surface area contributed by atoms with Gasteiger partial charge in [-0.15, -0.1) is 0 Å². The summed E-state index contributed by atoms with van der Waals surface area (Å²) in [5.41, 5.74) is 2.55. The lowest BCUT2D eigenvalue weighted by molar-refractivity contribution is 0.780. The topological polar surface area (TPSA) is 41.6 Å². The average Bonchev–Trinajstić information content (AvgIpc) is 2.66. The van der Waals surface area contributed by atoms with Crippen LogP contribution in [0.2, 0.25) is 0 Å². The highest BCUT2D eigenvalue weighted by molar-refractivity contribution is 5.24. The van der Waals surface area contributed by atoms with E-state index < -0.39 is 0 Å². The SMILES string of the molecule is Cc1cccc(Cc2nc(C(C)C)n[nH]2)c1.